The van der Waals surface area contributed by atoms with E-state index in [9.17, 15) is 9.59 Å². The number of aliphatic hydroxyl groups excluding tert-OH is 1. The summed E-state index contributed by atoms with van der Waals surface area (Å²) in [6.07, 6.45) is 1.29. The standard InChI is InChI=1S/C9H13N3O4/c1-5-6(4-10-12-5)8(14)11-7(2-3-13)9(15)16/h4,7,13H,2-3H2,1H3,(H,10,12)(H,11,14)(H,15,16). The number of carboxylic acid groups (broad SMARTS) is 1. The monoisotopic (exact) mass is 227 g/mol. The van der Waals surface area contributed by atoms with E-state index >= 15 is 0 Å². The molecule has 1 aromatic heterocycles. The van der Waals surface area contributed by atoms with E-state index in [-0.39, 0.29) is 13.0 Å². The number of carbonyl (C=O) groups is 2. The molecule has 0 aromatic carbocycles. The number of rotatable bonds is 5. The van der Waals surface area contributed by atoms with E-state index < -0.39 is 17.9 Å². The highest BCUT2D eigenvalue weighted by Gasteiger charge is 2.21. The molecule has 1 rings (SSSR count). The van der Waals surface area contributed by atoms with Crippen molar-refractivity contribution in [1.82, 2.24) is 15.5 Å². The van der Waals surface area contributed by atoms with Crippen molar-refractivity contribution in [3.05, 3.63) is 17.5 Å². The molecule has 0 spiro atoms. The van der Waals surface area contributed by atoms with Crippen LogP contribution in [0.1, 0.15) is 22.5 Å². The molecule has 7 nitrogen and oxygen atoms in total. The largest absolute Gasteiger partial charge is 0.480 e. The number of nitrogens with one attached hydrogen (secondary N) is 2. The van der Waals surface area contributed by atoms with Gasteiger partial charge >= 0.3 is 5.97 Å². The highest BCUT2D eigenvalue weighted by atomic mass is 16.4. The van der Waals surface area contributed by atoms with E-state index in [2.05, 4.69) is 15.5 Å². The first kappa shape index (κ1) is 12.2. The van der Waals surface area contributed by atoms with Crippen molar-refractivity contribution in [3.8, 4) is 0 Å². The van der Waals surface area contributed by atoms with Gasteiger partial charge in [-0.15, -0.1) is 0 Å². The van der Waals surface area contributed by atoms with Gasteiger partial charge in [-0.3, -0.25) is 9.89 Å². The molecule has 0 aliphatic carbocycles. The molecule has 0 saturated carbocycles. The van der Waals surface area contributed by atoms with Crippen molar-refractivity contribution < 1.29 is 19.8 Å². The summed E-state index contributed by atoms with van der Waals surface area (Å²) in [4.78, 5) is 22.3. The van der Waals surface area contributed by atoms with E-state index in [1.54, 1.807) is 6.92 Å². The second-order valence-corrected chi connectivity index (χ2v) is 3.29. The number of H-pyrrole nitrogens is 1. The van der Waals surface area contributed by atoms with Crippen LogP contribution in [0.5, 0.6) is 0 Å². The van der Waals surface area contributed by atoms with Crippen LogP contribution in [0, 0.1) is 6.92 Å². The Labute approximate surface area is 91.5 Å². The molecule has 1 atom stereocenters. The fourth-order valence-corrected chi connectivity index (χ4v) is 1.20. The average molecular weight is 227 g/mol. The van der Waals surface area contributed by atoms with Crippen molar-refractivity contribution >= 4 is 11.9 Å². The van der Waals surface area contributed by atoms with Crippen molar-refractivity contribution in [2.45, 2.75) is 19.4 Å². The molecule has 1 aromatic rings. The Hall–Kier alpha value is -1.89. The van der Waals surface area contributed by atoms with Crippen LogP contribution in [0.3, 0.4) is 0 Å². The van der Waals surface area contributed by atoms with Crippen LogP contribution in [0.2, 0.25) is 0 Å². The maximum Gasteiger partial charge on any atom is 0.326 e. The third kappa shape index (κ3) is 2.80. The van der Waals surface area contributed by atoms with Crippen LogP contribution in [0.4, 0.5) is 0 Å². The van der Waals surface area contributed by atoms with Crippen molar-refractivity contribution in [3.63, 3.8) is 0 Å². The minimum Gasteiger partial charge on any atom is -0.480 e. The minimum atomic E-state index is -1.18. The summed E-state index contributed by atoms with van der Waals surface area (Å²) in [7, 11) is 0. The second-order valence-electron chi connectivity index (χ2n) is 3.29. The van der Waals surface area contributed by atoms with Crippen LogP contribution < -0.4 is 5.32 Å². The molecule has 1 unspecified atom stereocenters. The lowest BCUT2D eigenvalue weighted by molar-refractivity contribution is -0.139. The predicted molar refractivity (Wildman–Crippen MR) is 53.9 cm³/mol. The molecule has 7 heteroatoms. The molecule has 0 fully saturated rings. The maximum atomic E-state index is 11.6. The number of aliphatic hydroxyl groups is 1. The Morgan fingerprint density at radius 2 is 2.31 bits per heavy atom. The molecule has 1 amide bonds. The highest BCUT2D eigenvalue weighted by Crippen LogP contribution is 2.03. The third-order valence-corrected chi connectivity index (χ3v) is 2.10. The molecule has 0 aliphatic rings. The maximum absolute atomic E-state index is 11.6. The van der Waals surface area contributed by atoms with E-state index in [1.165, 1.54) is 6.20 Å². The van der Waals surface area contributed by atoms with Gasteiger partial charge in [-0.1, -0.05) is 0 Å². The quantitative estimate of drug-likeness (QED) is 0.530. The Balaban J connectivity index is 2.69. The highest BCUT2D eigenvalue weighted by molar-refractivity contribution is 5.97. The average Bonchev–Trinajstić information content (AvgIpc) is 2.63. The van der Waals surface area contributed by atoms with Gasteiger partial charge in [0.15, 0.2) is 0 Å². The molecule has 88 valence electrons. The van der Waals surface area contributed by atoms with Gasteiger partial charge < -0.3 is 15.5 Å². The molecule has 0 saturated heterocycles. The number of aliphatic carboxylic acids is 1. The van der Waals surface area contributed by atoms with Crippen LogP contribution in [-0.2, 0) is 4.79 Å². The summed E-state index contributed by atoms with van der Waals surface area (Å²) in [6.45, 7) is 1.35. The molecular formula is C9H13N3O4. The van der Waals surface area contributed by atoms with Crippen molar-refractivity contribution in [2.24, 2.45) is 0 Å². The zero-order valence-corrected chi connectivity index (χ0v) is 8.73. The molecule has 0 aliphatic heterocycles. The minimum absolute atomic E-state index is 0.0298. The summed E-state index contributed by atoms with van der Waals surface area (Å²) in [5.41, 5.74) is 0.856. The van der Waals surface area contributed by atoms with Gasteiger partial charge in [0.05, 0.1) is 11.8 Å². The van der Waals surface area contributed by atoms with Crippen LogP contribution >= 0.6 is 0 Å². The van der Waals surface area contributed by atoms with Crippen LogP contribution in [-0.4, -0.2) is 44.9 Å². The summed E-state index contributed by atoms with van der Waals surface area (Å²) in [5, 5.41) is 26.0. The van der Waals surface area contributed by atoms with Gasteiger partial charge in [-0.05, 0) is 6.92 Å². The van der Waals surface area contributed by atoms with E-state index in [4.69, 9.17) is 10.2 Å². The number of aryl methyl sites for hydroxylation is 1. The van der Waals surface area contributed by atoms with Gasteiger partial charge in [0.2, 0.25) is 0 Å². The topological polar surface area (TPSA) is 115 Å². The Bertz CT molecular complexity index is 388. The van der Waals surface area contributed by atoms with Gasteiger partial charge in [-0.2, -0.15) is 5.10 Å². The number of amides is 1. The Morgan fingerprint density at radius 3 is 2.75 bits per heavy atom. The fourth-order valence-electron chi connectivity index (χ4n) is 1.20. The van der Waals surface area contributed by atoms with Gasteiger partial charge in [-0.25, -0.2) is 4.79 Å². The SMILES string of the molecule is Cc1[nH]ncc1C(=O)NC(CCO)C(=O)O. The number of nitrogens with zero attached hydrogens (tertiary/aromatic N) is 1. The van der Waals surface area contributed by atoms with Crippen LogP contribution in [0.25, 0.3) is 0 Å². The third-order valence-electron chi connectivity index (χ3n) is 2.10. The first-order chi connectivity index (χ1) is 7.56. The summed E-state index contributed by atoms with van der Waals surface area (Å²) >= 11 is 0. The lowest BCUT2D eigenvalue weighted by atomic mass is 10.2. The Morgan fingerprint density at radius 1 is 1.62 bits per heavy atom. The second kappa shape index (κ2) is 5.26. The molecular weight excluding hydrogens is 214 g/mol. The summed E-state index contributed by atoms with van der Waals surface area (Å²) in [5.74, 6) is -1.70. The smallest absolute Gasteiger partial charge is 0.326 e. The molecule has 16 heavy (non-hydrogen) atoms. The van der Waals surface area contributed by atoms with Gasteiger partial charge in [0, 0.05) is 18.7 Å². The summed E-state index contributed by atoms with van der Waals surface area (Å²) in [6, 6.07) is -1.09. The number of aromatic amines is 1. The van der Waals surface area contributed by atoms with Gasteiger partial charge in [0.1, 0.15) is 6.04 Å². The van der Waals surface area contributed by atoms with E-state index in [1.807, 2.05) is 0 Å². The first-order valence-corrected chi connectivity index (χ1v) is 4.70. The fraction of sp³-hybridized carbons (Fsp3) is 0.444. The number of hydrogen-bond acceptors (Lipinski definition) is 4. The number of carboxylic acids is 1. The molecule has 1 heterocycles. The first-order valence-electron chi connectivity index (χ1n) is 4.70. The Kier molecular flexibility index (Phi) is 4.01. The lowest BCUT2D eigenvalue weighted by Crippen LogP contribution is -2.41. The molecule has 0 bridgehead atoms. The van der Waals surface area contributed by atoms with E-state index in [0.717, 1.165) is 0 Å². The number of aromatic nitrogens is 2. The molecule has 0 radical (unpaired) electrons. The van der Waals surface area contributed by atoms with Crippen LogP contribution in [0.15, 0.2) is 6.20 Å². The molecule has 4 N–H and O–H groups in total. The van der Waals surface area contributed by atoms with E-state index in [0.29, 0.717) is 11.3 Å². The lowest BCUT2D eigenvalue weighted by Gasteiger charge is -2.12. The predicted octanol–water partition coefficient (Wildman–Crippen LogP) is -0.716. The number of carbonyl (C=O) groups excluding carboxylic acids is 1. The summed E-state index contributed by atoms with van der Waals surface area (Å²) < 4.78 is 0. The van der Waals surface area contributed by atoms with Crippen molar-refractivity contribution in [2.75, 3.05) is 6.61 Å². The number of hydrogen-bond donors (Lipinski definition) is 4. The zero-order valence-electron chi connectivity index (χ0n) is 8.73. The van der Waals surface area contributed by atoms with Gasteiger partial charge in [0.25, 0.3) is 5.91 Å². The normalized spacial score (nSPS) is 12.1. The van der Waals surface area contributed by atoms with Crippen molar-refractivity contribution in [1.29, 1.82) is 0 Å². The zero-order chi connectivity index (χ0) is 12.1.